The van der Waals surface area contributed by atoms with Crippen LogP contribution in [-0.2, 0) is 12.8 Å². The molecule has 1 saturated carbocycles. The van der Waals surface area contributed by atoms with Crippen molar-refractivity contribution in [3.8, 4) is 6.07 Å². The van der Waals surface area contributed by atoms with Crippen molar-refractivity contribution in [1.29, 1.82) is 5.26 Å². The van der Waals surface area contributed by atoms with Gasteiger partial charge in [-0.15, -0.1) is 0 Å². The zero-order valence-corrected chi connectivity index (χ0v) is 10.2. The van der Waals surface area contributed by atoms with E-state index in [-0.39, 0.29) is 0 Å². The van der Waals surface area contributed by atoms with Crippen LogP contribution in [-0.4, -0.2) is 18.1 Å². The summed E-state index contributed by atoms with van der Waals surface area (Å²) >= 11 is 0. The van der Waals surface area contributed by atoms with Crippen molar-refractivity contribution in [3.05, 3.63) is 22.9 Å². The van der Waals surface area contributed by atoms with Crippen LogP contribution in [0.4, 0.5) is 5.82 Å². The van der Waals surface area contributed by atoms with Crippen molar-refractivity contribution in [2.45, 2.75) is 44.6 Å². The number of pyridine rings is 1. The first-order valence-corrected chi connectivity index (χ1v) is 6.45. The summed E-state index contributed by atoms with van der Waals surface area (Å²) in [4.78, 5) is 6.94. The van der Waals surface area contributed by atoms with Gasteiger partial charge in [0.25, 0.3) is 0 Å². The van der Waals surface area contributed by atoms with Gasteiger partial charge in [0.1, 0.15) is 11.9 Å². The molecule has 3 nitrogen and oxygen atoms in total. The third-order valence-corrected chi connectivity index (χ3v) is 3.83. The third kappa shape index (κ3) is 1.88. The standard InChI is InChI=1S/C14H17N3/c1-17(12-6-7-12)14-11(9-15)8-10-4-2-3-5-13(10)16-14/h8,12H,2-7H2,1H3. The molecule has 2 aliphatic carbocycles. The van der Waals surface area contributed by atoms with E-state index in [4.69, 9.17) is 4.98 Å². The molecule has 0 N–H and O–H groups in total. The van der Waals surface area contributed by atoms with Gasteiger partial charge in [0.2, 0.25) is 0 Å². The van der Waals surface area contributed by atoms with E-state index < -0.39 is 0 Å². The van der Waals surface area contributed by atoms with E-state index in [0.717, 1.165) is 24.2 Å². The lowest BCUT2D eigenvalue weighted by atomic mass is 9.95. The summed E-state index contributed by atoms with van der Waals surface area (Å²) in [5, 5.41) is 9.25. The summed E-state index contributed by atoms with van der Waals surface area (Å²) in [5.74, 6) is 0.899. The summed E-state index contributed by atoms with van der Waals surface area (Å²) in [6.07, 6.45) is 7.10. The largest absolute Gasteiger partial charge is 0.356 e. The summed E-state index contributed by atoms with van der Waals surface area (Å²) in [7, 11) is 2.07. The Labute approximate surface area is 102 Å². The van der Waals surface area contributed by atoms with E-state index in [1.807, 2.05) is 0 Å². The molecule has 0 unspecified atom stereocenters. The van der Waals surface area contributed by atoms with Crippen LogP contribution in [0.3, 0.4) is 0 Å². The SMILES string of the molecule is CN(c1nc2c(cc1C#N)CCCC2)C1CC1. The van der Waals surface area contributed by atoms with Crippen molar-refractivity contribution in [2.75, 3.05) is 11.9 Å². The fourth-order valence-electron chi connectivity index (χ4n) is 2.61. The Balaban J connectivity index is 2.03. The van der Waals surface area contributed by atoms with Crippen LogP contribution in [0, 0.1) is 11.3 Å². The van der Waals surface area contributed by atoms with Gasteiger partial charge in [-0.05, 0) is 50.2 Å². The van der Waals surface area contributed by atoms with Crippen LogP contribution in [0.15, 0.2) is 6.07 Å². The number of fused-ring (bicyclic) bond motifs is 1. The van der Waals surface area contributed by atoms with E-state index in [0.29, 0.717) is 6.04 Å². The quantitative estimate of drug-likeness (QED) is 0.779. The van der Waals surface area contributed by atoms with E-state index >= 15 is 0 Å². The Kier molecular flexibility index (Phi) is 2.51. The molecule has 1 aromatic heterocycles. The van der Waals surface area contributed by atoms with Crippen molar-refractivity contribution < 1.29 is 0 Å². The van der Waals surface area contributed by atoms with E-state index in [9.17, 15) is 5.26 Å². The molecule has 3 heteroatoms. The highest BCUT2D eigenvalue weighted by molar-refractivity contribution is 5.57. The molecular weight excluding hydrogens is 210 g/mol. The topological polar surface area (TPSA) is 39.9 Å². The number of aryl methyl sites for hydroxylation is 2. The molecule has 17 heavy (non-hydrogen) atoms. The molecule has 88 valence electrons. The maximum absolute atomic E-state index is 9.25. The van der Waals surface area contributed by atoms with Crippen molar-refractivity contribution in [1.82, 2.24) is 4.98 Å². The maximum Gasteiger partial charge on any atom is 0.146 e. The summed E-state index contributed by atoms with van der Waals surface area (Å²) in [5.41, 5.74) is 3.26. The van der Waals surface area contributed by atoms with Gasteiger partial charge in [0.15, 0.2) is 0 Å². The fraction of sp³-hybridized carbons (Fsp3) is 0.571. The van der Waals surface area contributed by atoms with Gasteiger partial charge in [-0.25, -0.2) is 4.98 Å². The van der Waals surface area contributed by atoms with Crippen LogP contribution < -0.4 is 4.90 Å². The number of hydrogen-bond acceptors (Lipinski definition) is 3. The Morgan fingerprint density at radius 1 is 1.35 bits per heavy atom. The monoisotopic (exact) mass is 227 g/mol. The summed E-state index contributed by atoms with van der Waals surface area (Å²) < 4.78 is 0. The molecular formula is C14H17N3. The Morgan fingerprint density at radius 3 is 2.82 bits per heavy atom. The molecule has 0 bridgehead atoms. The number of nitrogens with zero attached hydrogens (tertiary/aromatic N) is 3. The van der Waals surface area contributed by atoms with Gasteiger partial charge < -0.3 is 4.90 Å². The highest BCUT2D eigenvalue weighted by atomic mass is 15.2. The van der Waals surface area contributed by atoms with Gasteiger partial charge in [-0.2, -0.15) is 5.26 Å². The van der Waals surface area contributed by atoms with Crippen LogP contribution >= 0.6 is 0 Å². The molecule has 2 aliphatic rings. The molecule has 1 aromatic rings. The van der Waals surface area contributed by atoms with Crippen molar-refractivity contribution in [3.63, 3.8) is 0 Å². The average molecular weight is 227 g/mol. The van der Waals surface area contributed by atoms with Crippen molar-refractivity contribution in [2.24, 2.45) is 0 Å². The highest BCUT2D eigenvalue weighted by Gasteiger charge is 2.29. The highest BCUT2D eigenvalue weighted by Crippen LogP contribution is 2.32. The summed E-state index contributed by atoms with van der Waals surface area (Å²) in [6, 6.07) is 4.98. The molecule has 0 amide bonds. The van der Waals surface area contributed by atoms with Gasteiger partial charge in [0.05, 0.1) is 5.56 Å². The van der Waals surface area contributed by atoms with Gasteiger partial charge in [0, 0.05) is 18.8 Å². The molecule has 0 radical (unpaired) electrons. The lowest BCUT2D eigenvalue weighted by molar-refractivity contribution is 0.665. The normalized spacial score (nSPS) is 18.4. The number of anilines is 1. The second kappa shape index (κ2) is 4.03. The fourth-order valence-corrected chi connectivity index (χ4v) is 2.61. The molecule has 3 rings (SSSR count). The molecule has 1 fully saturated rings. The second-order valence-corrected chi connectivity index (χ2v) is 5.13. The lowest BCUT2D eigenvalue weighted by Gasteiger charge is -2.22. The van der Waals surface area contributed by atoms with E-state index in [2.05, 4.69) is 24.1 Å². The lowest BCUT2D eigenvalue weighted by Crippen LogP contribution is -2.23. The maximum atomic E-state index is 9.25. The minimum atomic E-state index is 0.608. The first-order valence-electron chi connectivity index (χ1n) is 6.45. The van der Waals surface area contributed by atoms with Gasteiger partial charge >= 0.3 is 0 Å². The minimum Gasteiger partial charge on any atom is -0.356 e. The Morgan fingerprint density at radius 2 is 2.12 bits per heavy atom. The zero-order chi connectivity index (χ0) is 11.8. The Hall–Kier alpha value is -1.56. The molecule has 0 spiro atoms. The van der Waals surface area contributed by atoms with Crippen molar-refractivity contribution >= 4 is 5.82 Å². The molecule has 0 aromatic carbocycles. The zero-order valence-electron chi connectivity index (χ0n) is 10.2. The number of nitriles is 1. The number of rotatable bonds is 2. The van der Waals surface area contributed by atoms with E-state index in [1.54, 1.807) is 0 Å². The summed E-state index contributed by atoms with van der Waals surface area (Å²) in [6.45, 7) is 0. The van der Waals surface area contributed by atoms with Gasteiger partial charge in [-0.1, -0.05) is 0 Å². The van der Waals surface area contributed by atoms with Gasteiger partial charge in [-0.3, -0.25) is 0 Å². The first kappa shape index (κ1) is 10.6. The predicted octanol–water partition coefficient (Wildman–Crippen LogP) is 2.43. The third-order valence-electron chi connectivity index (χ3n) is 3.83. The van der Waals surface area contributed by atoms with Crippen LogP contribution in [0.2, 0.25) is 0 Å². The van der Waals surface area contributed by atoms with Crippen LogP contribution in [0.25, 0.3) is 0 Å². The molecule has 1 heterocycles. The van der Waals surface area contributed by atoms with Crippen LogP contribution in [0.5, 0.6) is 0 Å². The second-order valence-electron chi connectivity index (χ2n) is 5.13. The minimum absolute atomic E-state index is 0.608. The first-order chi connectivity index (χ1) is 8.29. The number of hydrogen-bond donors (Lipinski definition) is 0. The molecule has 0 saturated heterocycles. The molecule has 0 atom stereocenters. The predicted molar refractivity (Wildman–Crippen MR) is 67.0 cm³/mol. The average Bonchev–Trinajstić information content (AvgIpc) is 3.20. The van der Waals surface area contributed by atoms with E-state index in [1.165, 1.54) is 36.9 Å². The number of aromatic nitrogens is 1. The smallest absolute Gasteiger partial charge is 0.146 e. The molecule has 0 aliphatic heterocycles. The Bertz CT molecular complexity index is 483. The van der Waals surface area contributed by atoms with Crippen LogP contribution in [0.1, 0.15) is 42.5 Å².